The van der Waals surface area contributed by atoms with Gasteiger partial charge in [-0.25, -0.2) is 4.39 Å². The smallest absolute Gasteiger partial charge is 0.137 e. The maximum atomic E-state index is 13.3. The number of rotatable bonds is 5. The van der Waals surface area contributed by atoms with E-state index in [-0.39, 0.29) is 22.9 Å². The van der Waals surface area contributed by atoms with Crippen LogP contribution in [-0.2, 0) is 0 Å². The lowest BCUT2D eigenvalue weighted by molar-refractivity contribution is 0.0535. The fraction of sp³-hybridized carbons (Fsp3) is 0.300. The molecule has 4 N–H and O–H groups in total. The molecule has 88 valence electrons. The third-order valence-corrected chi connectivity index (χ3v) is 2.08. The molecule has 0 heterocycles. The van der Waals surface area contributed by atoms with E-state index in [1.165, 1.54) is 12.1 Å². The highest BCUT2D eigenvalue weighted by atomic mass is 32.1. The van der Waals surface area contributed by atoms with Crippen LogP contribution in [0.3, 0.4) is 0 Å². The van der Waals surface area contributed by atoms with Crippen molar-refractivity contribution in [3.8, 4) is 5.75 Å². The van der Waals surface area contributed by atoms with Crippen LogP contribution >= 0.6 is 12.2 Å². The van der Waals surface area contributed by atoms with Crippen molar-refractivity contribution >= 4 is 17.2 Å². The molecule has 0 saturated carbocycles. The molecule has 0 saturated heterocycles. The zero-order valence-corrected chi connectivity index (χ0v) is 9.21. The highest BCUT2D eigenvalue weighted by molar-refractivity contribution is 7.80. The first kappa shape index (κ1) is 12.8. The number of aliphatic hydroxyl groups is 2. The molecule has 1 unspecified atom stereocenters. The minimum atomic E-state index is -0.988. The standard InChI is InChI=1S/C10H12FNO3S/c11-9-3-7(15-5-6(14)4-13)1-2-8(9)10(12)16/h1-3,6,13-14H,4-5H2,(H2,12,16). The van der Waals surface area contributed by atoms with Gasteiger partial charge in [0.15, 0.2) is 0 Å². The van der Waals surface area contributed by atoms with Crippen LogP contribution in [0.25, 0.3) is 0 Å². The van der Waals surface area contributed by atoms with Gasteiger partial charge in [0.25, 0.3) is 0 Å². The van der Waals surface area contributed by atoms with Crippen LogP contribution in [0.4, 0.5) is 4.39 Å². The Balaban J connectivity index is 2.70. The average Bonchev–Trinajstić information content (AvgIpc) is 2.25. The molecule has 0 aliphatic heterocycles. The van der Waals surface area contributed by atoms with Crippen LogP contribution in [0, 0.1) is 5.82 Å². The number of aliphatic hydroxyl groups excluding tert-OH is 2. The van der Waals surface area contributed by atoms with Crippen LogP contribution in [0.2, 0.25) is 0 Å². The first-order chi connectivity index (χ1) is 7.54. The lowest BCUT2D eigenvalue weighted by Crippen LogP contribution is -2.21. The van der Waals surface area contributed by atoms with Crippen molar-refractivity contribution in [2.75, 3.05) is 13.2 Å². The van der Waals surface area contributed by atoms with Crippen LogP contribution in [-0.4, -0.2) is 34.5 Å². The number of thiocarbonyl (C=S) groups is 1. The summed E-state index contributed by atoms with van der Waals surface area (Å²) in [6.45, 7) is -0.518. The number of benzene rings is 1. The zero-order valence-electron chi connectivity index (χ0n) is 8.39. The van der Waals surface area contributed by atoms with E-state index in [4.69, 9.17) is 20.7 Å². The van der Waals surface area contributed by atoms with E-state index < -0.39 is 18.5 Å². The summed E-state index contributed by atoms with van der Waals surface area (Å²) in [4.78, 5) is -0.0283. The van der Waals surface area contributed by atoms with E-state index in [0.29, 0.717) is 0 Å². The Morgan fingerprint density at radius 3 is 2.75 bits per heavy atom. The van der Waals surface area contributed by atoms with Gasteiger partial charge in [-0.3, -0.25) is 0 Å². The second kappa shape index (κ2) is 5.74. The van der Waals surface area contributed by atoms with Crippen LogP contribution < -0.4 is 10.5 Å². The second-order valence-corrected chi connectivity index (χ2v) is 3.59. The van der Waals surface area contributed by atoms with E-state index in [9.17, 15) is 4.39 Å². The molecule has 6 heteroatoms. The first-order valence-corrected chi connectivity index (χ1v) is 4.96. The monoisotopic (exact) mass is 245 g/mol. The lowest BCUT2D eigenvalue weighted by Gasteiger charge is -2.10. The molecule has 0 spiro atoms. The molecule has 0 fully saturated rings. The summed E-state index contributed by atoms with van der Waals surface area (Å²) >= 11 is 4.64. The molecule has 0 aromatic heterocycles. The van der Waals surface area contributed by atoms with E-state index in [2.05, 4.69) is 12.2 Å². The summed E-state index contributed by atoms with van der Waals surface area (Å²) < 4.78 is 18.4. The highest BCUT2D eigenvalue weighted by Crippen LogP contribution is 2.16. The Bertz CT molecular complexity index is 386. The highest BCUT2D eigenvalue weighted by Gasteiger charge is 2.08. The maximum absolute atomic E-state index is 13.3. The van der Waals surface area contributed by atoms with E-state index in [1.54, 1.807) is 0 Å². The molecule has 0 aliphatic carbocycles. The van der Waals surface area contributed by atoms with Crippen molar-refractivity contribution in [2.24, 2.45) is 5.73 Å². The third-order valence-electron chi connectivity index (χ3n) is 1.86. The maximum Gasteiger partial charge on any atom is 0.137 e. The summed E-state index contributed by atoms with van der Waals surface area (Å²) in [7, 11) is 0. The van der Waals surface area contributed by atoms with E-state index in [1.807, 2.05) is 0 Å². The fourth-order valence-electron chi connectivity index (χ4n) is 1.03. The van der Waals surface area contributed by atoms with Crippen molar-refractivity contribution < 1.29 is 19.3 Å². The van der Waals surface area contributed by atoms with Gasteiger partial charge in [-0.1, -0.05) is 12.2 Å². The quantitative estimate of drug-likeness (QED) is 0.646. The molecule has 1 aromatic carbocycles. The van der Waals surface area contributed by atoms with E-state index in [0.717, 1.165) is 6.07 Å². The zero-order chi connectivity index (χ0) is 12.1. The molecule has 4 nitrogen and oxygen atoms in total. The largest absolute Gasteiger partial charge is 0.491 e. The molecule has 0 radical (unpaired) electrons. The minimum Gasteiger partial charge on any atom is -0.491 e. The average molecular weight is 245 g/mol. The van der Waals surface area contributed by atoms with Gasteiger partial charge < -0.3 is 20.7 Å². The number of hydrogen-bond acceptors (Lipinski definition) is 4. The topological polar surface area (TPSA) is 75.7 Å². The van der Waals surface area contributed by atoms with Gasteiger partial charge >= 0.3 is 0 Å². The predicted octanol–water partition coefficient (Wildman–Crippen LogP) is 0.192. The summed E-state index contributed by atoms with van der Waals surface area (Å²) in [6, 6.07) is 4.01. The van der Waals surface area contributed by atoms with Crippen molar-refractivity contribution in [3.05, 3.63) is 29.6 Å². The van der Waals surface area contributed by atoms with Crippen LogP contribution in [0.15, 0.2) is 18.2 Å². The Hall–Kier alpha value is -1.24. The van der Waals surface area contributed by atoms with Gasteiger partial charge in [0, 0.05) is 11.6 Å². The Morgan fingerprint density at radius 2 is 2.25 bits per heavy atom. The summed E-state index contributed by atoms with van der Waals surface area (Å²) in [5.74, 6) is -0.339. The van der Waals surface area contributed by atoms with E-state index >= 15 is 0 Å². The van der Waals surface area contributed by atoms with Crippen molar-refractivity contribution in [1.29, 1.82) is 0 Å². The molecule has 0 bridgehead atoms. The second-order valence-electron chi connectivity index (χ2n) is 3.15. The van der Waals surface area contributed by atoms with Gasteiger partial charge in [-0.05, 0) is 12.1 Å². The fourth-order valence-corrected chi connectivity index (χ4v) is 1.20. The molecule has 0 aliphatic rings. The lowest BCUT2D eigenvalue weighted by atomic mass is 10.2. The predicted molar refractivity (Wildman–Crippen MR) is 60.9 cm³/mol. The Kier molecular flexibility index (Phi) is 4.60. The summed E-state index contributed by atoms with van der Waals surface area (Å²) in [5, 5.41) is 17.6. The van der Waals surface area contributed by atoms with Gasteiger partial charge in [0.2, 0.25) is 0 Å². The number of halogens is 1. The molecular weight excluding hydrogens is 233 g/mol. The van der Waals surface area contributed by atoms with Crippen molar-refractivity contribution in [3.63, 3.8) is 0 Å². The van der Waals surface area contributed by atoms with Gasteiger partial charge in [0.05, 0.1) is 6.61 Å². The third kappa shape index (κ3) is 3.41. The van der Waals surface area contributed by atoms with Gasteiger partial charge in [-0.15, -0.1) is 0 Å². The van der Waals surface area contributed by atoms with Gasteiger partial charge in [0.1, 0.15) is 29.3 Å². The molecule has 1 aromatic rings. The van der Waals surface area contributed by atoms with Crippen LogP contribution in [0.1, 0.15) is 5.56 Å². The van der Waals surface area contributed by atoms with Crippen molar-refractivity contribution in [2.45, 2.75) is 6.10 Å². The summed E-state index contributed by atoms with van der Waals surface area (Å²) in [6.07, 6.45) is -0.988. The normalized spacial score (nSPS) is 12.2. The number of hydrogen-bond donors (Lipinski definition) is 3. The Labute approximate surface area is 97.5 Å². The molecule has 0 amide bonds. The molecule has 1 rings (SSSR count). The molecular formula is C10H12FNO3S. The Morgan fingerprint density at radius 1 is 1.56 bits per heavy atom. The van der Waals surface area contributed by atoms with Gasteiger partial charge in [-0.2, -0.15) is 0 Å². The van der Waals surface area contributed by atoms with Crippen molar-refractivity contribution in [1.82, 2.24) is 0 Å². The molecule has 1 atom stereocenters. The first-order valence-electron chi connectivity index (χ1n) is 4.55. The number of nitrogens with two attached hydrogens (primary N) is 1. The summed E-state index contributed by atoms with van der Waals surface area (Å²) in [5.41, 5.74) is 5.43. The molecule has 16 heavy (non-hydrogen) atoms. The minimum absolute atomic E-state index is 0.0283. The SMILES string of the molecule is NC(=S)c1ccc(OCC(O)CO)cc1F. The number of ether oxygens (including phenoxy) is 1. The van der Waals surface area contributed by atoms with Crippen LogP contribution in [0.5, 0.6) is 5.75 Å².